The maximum absolute atomic E-state index is 13.9. The molecule has 0 radical (unpaired) electrons. The Bertz CT molecular complexity index is 1240. The van der Waals surface area contributed by atoms with Gasteiger partial charge in [-0.3, -0.25) is 0 Å². The number of anilines is 1. The summed E-state index contributed by atoms with van der Waals surface area (Å²) >= 11 is 5.97. The predicted molar refractivity (Wildman–Crippen MR) is 131 cm³/mol. The number of rotatable bonds is 8. The topological polar surface area (TPSA) is 71.8 Å². The number of hydrogen-bond acceptors (Lipinski definition) is 5. The van der Waals surface area contributed by atoms with Crippen LogP contribution in [0.15, 0.2) is 42.6 Å². The van der Waals surface area contributed by atoms with Crippen LogP contribution in [-0.2, 0) is 17.2 Å². The standard InChI is InChI=1S/C25H27ClF5N5O2/c1-35(15-25(29,30)31)20-11-21-32-19(13-36(21)34-18(20)12-26)22(17-7-9-24(27,28)10-8-17)33-23(37)38-14-16-5-3-2-4-6-16/h2-6,11,13,17,22H,7-10,12,14-15H2,1H3,(H,33,37)/t22-/m0/s1. The number of ether oxygens (including phenoxy) is 1. The number of alkyl carbamates (subject to hydrolysis) is 1. The van der Waals surface area contributed by atoms with E-state index >= 15 is 0 Å². The van der Waals surface area contributed by atoms with E-state index in [-0.39, 0.29) is 61.1 Å². The molecule has 0 bridgehead atoms. The Morgan fingerprint density at radius 2 is 1.95 bits per heavy atom. The van der Waals surface area contributed by atoms with Gasteiger partial charge in [-0.1, -0.05) is 30.3 Å². The van der Waals surface area contributed by atoms with Gasteiger partial charge in [0.25, 0.3) is 0 Å². The molecule has 0 unspecified atom stereocenters. The number of nitrogens with one attached hydrogen (secondary N) is 1. The van der Waals surface area contributed by atoms with Gasteiger partial charge in [-0.2, -0.15) is 18.3 Å². The lowest BCUT2D eigenvalue weighted by Gasteiger charge is -2.33. The molecule has 0 saturated heterocycles. The van der Waals surface area contributed by atoms with Crippen LogP contribution in [0.1, 0.15) is 48.7 Å². The molecule has 0 spiro atoms. The lowest BCUT2D eigenvalue weighted by molar-refractivity contribution is -0.119. The van der Waals surface area contributed by atoms with Crippen molar-refractivity contribution in [3.63, 3.8) is 0 Å². The van der Waals surface area contributed by atoms with Crippen LogP contribution in [0.25, 0.3) is 5.65 Å². The van der Waals surface area contributed by atoms with Gasteiger partial charge in [-0.25, -0.2) is 23.1 Å². The van der Waals surface area contributed by atoms with E-state index < -0.39 is 30.8 Å². The van der Waals surface area contributed by atoms with Crippen molar-refractivity contribution in [2.75, 3.05) is 18.5 Å². The van der Waals surface area contributed by atoms with E-state index in [0.717, 1.165) is 10.5 Å². The van der Waals surface area contributed by atoms with Crippen molar-refractivity contribution in [3.8, 4) is 0 Å². The van der Waals surface area contributed by atoms with Crippen molar-refractivity contribution in [1.29, 1.82) is 0 Å². The van der Waals surface area contributed by atoms with Crippen LogP contribution >= 0.6 is 11.6 Å². The maximum atomic E-state index is 13.9. The molecule has 1 aliphatic carbocycles. The number of imidazole rings is 1. The Morgan fingerprint density at radius 3 is 2.58 bits per heavy atom. The first-order valence-electron chi connectivity index (χ1n) is 12.0. The number of halogens is 6. The van der Waals surface area contributed by atoms with Gasteiger partial charge in [-0.15, -0.1) is 11.6 Å². The highest BCUT2D eigenvalue weighted by Crippen LogP contribution is 2.41. The van der Waals surface area contributed by atoms with Crippen molar-refractivity contribution < 1.29 is 31.5 Å². The molecule has 1 saturated carbocycles. The highest BCUT2D eigenvalue weighted by atomic mass is 35.5. The number of benzene rings is 1. The Balaban J connectivity index is 1.61. The van der Waals surface area contributed by atoms with E-state index in [2.05, 4.69) is 15.4 Å². The van der Waals surface area contributed by atoms with Crippen LogP contribution in [0.4, 0.5) is 32.4 Å². The minimum atomic E-state index is -4.44. The van der Waals surface area contributed by atoms with Gasteiger partial charge in [0.1, 0.15) is 13.2 Å². The zero-order valence-corrected chi connectivity index (χ0v) is 21.3. The van der Waals surface area contributed by atoms with Gasteiger partial charge >= 0.3 is 12.3 Å². The first kappa shape index (κ1) is 27.9. The quantitative estimate of drug-likeness (QED) is 0.261. The average Bonchev–Trinajstić information content (AvgIpc) is 3.28. The average molecular weight is 560 g/mol. The zero-order valence-electron chi connectivity index (χ0n) is 20.5. The number of hydrogen-bond donors (Lipinski definition) is 1. The third-order valence-electron chi connectivity index (χ3n) is 6.52. The number of fused-ring (bicyclic) bond motifs is 1. The summed E-state index contributed by atoms with van der Waals surface area (Å²) in [7, 11) is 1.27. The van der Waals surface area contributed by atoms with E-state index in [0.29, 0.717) is 5.69 Å². The van der Waals surface area contributed by atoms with E-state index in [1.54, 1.807) is 24.3 Å². The normalized spacial score (nSPS) is 16.8. The number of carbonyl (C=O) groups excluding carboxylic acids is 1. The molecule has 38 heavy (non-hydrogen) atoms. The second-order valence-electron chi connectivity index (χ2n) is 9.43. The fourth-order valence-corrected chi connectivity index (χ4v) is 4.81. The summed E-state index contributed by atoms with van der Waals surface area (Å²) < 4.78 is 73.4. The SMILES string of the molecule is CN(CC(F)(F)F)c1cc2nc([C@@H](NC(=O)OCc3ccccc3)C3CCC(F)(F)CC3)cn2nc1CCl. The van der Waals surface area contributed by atoms with Crippen LogP contribution in [-0.4, -0.2) is 46.4 Å². The van der Waals surface area contributed by atoms with E-state index in [1.807, 2.05) is 6.07 Å². The molecular weight excluding hydrogens is 533 g/mol. The molecule has 1 atom stereocenters. The van der Waals surface area contributed by atoms with Crippen molar-refractivity contribution in [3.05, 3.63) is 59.5 Å². The number of amides is 1. The van der Waals surface area contributed by atoms with Crippen molar-refractivity contribution in [2.45, 2.75) is 56.3 Å². The van der Waals surface area contributed by atoms with E-state index in [9.17, 15) is 26.7 Å². The monoisotopic (exact) mass is 559 g/mol. The minimum Gasteiger partial charge on any atom is -0.445 e. The number of carbonyl (C=O) groups is 1. The molecule has 3 aromatic rings. The van der Waals surface area contributed by atoms with Gasteiger partial charge in [-0.05, 0) is 24.3 Å². The molecule has 206 valence electrons. The fraction of sp³-hybridized carbons (Fsp3) is 0.480. The molecule has 4 rings (SSSR count). The summed E-state index contributed by atoms with van der Waals surface area (Å²) in [6.45, 7) is -1.20. The highest BCUT2D eigenvalue weighted by Gasteiger charge is 2.39. The zero-order chi connectivity index (χ0) is 27.5. The second kappa shape index (κ2) is 11.3. The summed E-state index contributed by atoms with van der Waals surface area (Å²) in [5.41, 5.74) is 1.70. The minimum absolute atomic E-state index is 0.0167. The molecule has 1 aromatic carbocycles. The molecular formula is C25H27ClF5N5O2. The van der Waals surface area contributed by atoms with Gasteiger partial charge < -0.3 is 15.0 Å². The maximum Gasteiger partial charge on any atom is 0.408 e. The smallest absolute Gasteiger partial charge is 0.408 e. The lowest BCUT2D eigenvalue weighted by Crippen LogP contribution is -2.37. The first-order chi connectivity index (χ1) is 17.9. The predicted octanol–water partition coefficient (Wildman–Crippen LogP) is 6.26. The van der Waals surface area contributed by atoms with Crippen LogP contribution in [0.2, 0.25) is 0 Å². The van der Waals surface area contributed by atoms with Gasteiger partial charge in [0.2, 0.25) is 5.92 Å². The van der Waals surface area contributed by atoms with Crippen LogP contribution in [0.3, 0.4) is 0 Å². The first-order valence-corrected chi connectivity index (χ1v) is 12.6. The summed E-state index contributed by atoms with van der Waals surface area (Å²) in [5, 5.41) is 7.08. The Labute approximate surface area is 220 Å². The fourth-order valence-electron chi connectivity index (χ4n) is 4.62. The molecule has 1 amide bonds. The van der Waals surface area contributed by atoms with Crippen LogP contribution < -0.4 is 10.2 Å². The molecule has 7 nitrogen and oxygen atoms in total. The largest absolute Gasteiger partial charge is 0.445 e. The number of nitrogens with zero attached hydrogens (tertiary/aromatic N) is 4. The van der Waals surface area contributed by atoms with Crippen molar-refractivity contribution in [1.82, 2.24) is 19.9 Å². The Morgan fingerprint density at radius 1 is 1.26 bits per heavy atom. The highest BCUT2D eigenvalue weighted by molar-refractivity contribution is 6.17. The van der Waals surface area contributed by atoms with E-state index in [4.69, 9.17) is 16.3 Å². The summed E-state index contributed by atoms with van der Waals surface area (Å²) in [5.74, 6) is -3.28. The molecule has 2 heterocycles. The van der Waals surface area contributed by atoms with Crippen molar-refractivity contribution >= 4 is 29.0 Å². The number of alkyl halides is 6. The van der Waals surface area contributed by atoms with Crippen LogP contribution in [0, 0.1) is 5.92 Å². The van der Waals surface area contributed by atoms with Gasteiger partial charge in [0.15, 0.2) is 5.65 Å². The van der Waals surface area contributed by atoms with Gasteiger partial charge in [0, 0.05) is 26.0 Å². The molecule has 1 aliphatic rings. The molecule has 13 heteroatoms. The number of aromatic nitrogens is 3. The van der Waals surface area contributed by atoms with E-state index in [1.165, 1.54) is 23.8 Å². The summed E-state index contributed by atoms with van der Waals surface area (Å²) in [6, 6.07) is 9.69. The Hall–Kier alpha value is -3.15. The third-order valence-corrected chi connectivity index (χ3v) is 6.77. The molecule has 1 N–H and O–H groups in total. The molecule has 1 fully saturated rings. The second-order valence-corrected chi connectivity index (χ2v) is 9.69. The van der Waals surface area contributed by atoms with Crippen molar-refractivity contribution in [2.24, 2.45) is 5.92 Å². The van der Waals surface area contributed by atoms with Crippen LogP contribution in [0.5, 0.6) is 0 Å². The third kappa shape index (κ3) is 7.03. The van der Waals surface area contributed by atoms with Gasteiger partial charge in [0.05, 0.1) is 35.2 Å². The Kier molecular flexibility index (Phi) is 8.29. The lowest BCUT2D eigenvalue weighted by atomic mass is 9.81. The molecule has 0 aliphatic heterocycles. The summed E-state index contributed by atoms with van der Waals surface area (Å²) in [4.78, 5) is 18.2. The summed E-state index contributed by atoms with van der Waals surface area (Å²) in [6.07, 6.45) is -4.04. The molecule has 2 aromatic heterocycles.